The van der Waals surface area contributed by atoms with Crippen molar-refractivity contribution in [3.63, 3.8) is 0 Å². The molecule has 0 heterocycles. The van der Waals surface area contributed by atoms with Crippen molar-refractivity contribution >= 4 is 21.5 Å². The standard InChI is InChI=1S/C18H18.CH4/c1-13(2)11-15-12-14-7-3-4-8-16(14)18-10-6-5-9-17(15)18;/h3-10,12-13H,11H2,1-2H3;1H4. The first-order chi connectivity index (χ1) is 8.75. The van der Waals surface area contributed by atoms with Crippen LogP contribution in [0.3, 0.4) is 0 Å². The lowest BCUT2D eigenvalue weighted by atomic mass is 9.93. The monoisotopic (exact) mass is 250 g/mol. The molecule has 3 aromatic carbocycles. The van der Waals surface area contributed by atoms with Crippen LogP contribution in [0.25, 0.3) is 21.5 Å². The highest BCUT2D eigenvalue weighted by molar-refractivity contribution is 6.08. The Morgan fingerprint density at radius 1 is 0.789 bits per heavy atom. The maximum absolute atomic E-state index is 2.36. The minimum atomic E-state index is 0. The molecule has 0 heteroatoms. The molecule has 0 unspecified atom stereocenters. The summed E-state index contributed by atoms with van der Waals surface area (Å²) in [6.07, 6.45) is 1.14. The molecule has 0 atom stereocenters. The number of rotatable bonds is 2. The third-order valence-corrected chi connectivity index (χ3v) is 3.48. The second-order valence-electron chi connectivity index (χ2n) is 5.40. The number of hydrogen-bond donors (Lipinski definition) is 0. The Labute approximate surface area is 116 Å². The van der Waals surface area contributed by atoms with Gasteiger partial charge in [-0.15, -0.1) is 0 Å². The van der Waals surface area contributed by atoms with Crippen molar-refractivity contribution in [1.29, 1.82) is 0 Å². The summed E-state index contributed by atoms with van der Waals surface area (Å²) in [5.74, 6) is 0.689. The normalized spacial score (nSPS) is 10.9. The van der Waals surface area contributed by atoms with Gasteiger partial charge in [-0.1, -0.05) is 75.9 Å². The van der Waals surface area contributed by atoms with Crippen molar-refractivity contribution in [2.24, 2.45) is 5.92 Å². The van der Waals surface area contributed by atoms with Gasteiger partial charge in [0.15, 0.2) is 0 Å². The summed E-state index contributed by atoms with van der Waals surface area (Å²) in [5.41, 5.74) is 1.47. The van der Waals surface area contributed by atoms with Crippen LogP contribution < -0.4 is 0 Å². The summed E-state index contributed by atoms with van der Waals surface area (Å²) in [6.45, 7) is 4.56. The minimum absolute atomic E-state index is 0. The smallest absolute Gasteiger partial charge is 0.0103 e. The van der Waals surface area contributed by atoms with E-state index in [0.717, 1.165) is 6.42 Å². The van der Waals surface area contributed by atoms with Crippen LogP contribution in [0.1, 0.15) is 26.8 Å². The summed E-state index contributed by atoms with van der Waals surface area (Å²) in [6, 6.07) is 19.8. The van der Waals surface area contributed by atoms with Crippen molar-refractivity contribution < 1.29 is 0 Å². The maximum atomic E-state index is 2.36. The molecular formula is C19H22. The van der Waals surface area contributed by atoms with Crippen molar-refractivity contribution in [2.45, 2.75) is 27.7 Å². The summed E-state index contributed by atoms with van der Waals surface area (Å²) in [4.78, 5) is 0. The molecule has 0 amide bonds. The van der Waals surface area contributed by atoms with E-state index in [0.29, 0.717) is 5.92 Å². The summed E-state index contributed by atoms with van der Waals surface area (Å²) in [7, 11) is 0. The zero-order valence-electron chi connectivity index (χ0n) is 11.0. The first kappa shape index (κ1) is 13.6. The van der Waals surface area contributed by atoms with Gasteiger partial charge >= 0.3 is 0 Å². The van der Waals surface area contributed by atoms with Crippen LogP contribution in [-0.2, 0) is 6.42 Å². The largest absolute Gasteiger partial charge is 0.0776 e. The molecule has 0 aliphatic carbocycles. The van der Waals surface area contributed by atoms with E-state index in [1.807, 2.05) is 0 Å². The Balaban J connectivity index is 0.00000133. The Morgan fingerprint density at radius 2 is 1.37 bits per heavy atom. The highest BCUT2D eigenvalue weighted by Crippen LogP contribution is 2.29. The van der Waals surface area contributed by atoms with E-state index in [4.69, 9.17) is 0 Å². The summed E-state index contributed by atoms with van der Waals surface area (Å²) >= 11 is 0. The number of hydrogen-bond acceptors (Lipinski definition) is 0. The molecule has 0 radical (unpaired) electrons. The highest BCUT2D eigenvalue weighted by Gasteiger charge is 2.07. The van der Waals surface area contributed by atoms with Crippen LogP contribution in [0.4, 0.5) is 0 Å². The molecule has 0 N–H and O–H groups in total. The Kier molecular flexibility index (Phi) is 3.90. The predicted octanol–water partition coefficient (Wildman–Crippen LogP) is 5.83. The second kappa shape index (κ2) is 5.44. The lowest BCUT2D eigenvalue weighted by molar-refractivity contribution is 0.650. The van der Waals surface area contributed by atoms with Crippen LogP contribution >= 0.6 is 0 Å². The average Bonchev–Trinajstić information content (AvgIpc) is 2.38. The van der Waals surface area contributed by atoms with Gasteiger partial charge in [0.2, 0.25) is 0 Å². The van der Waals surface area contributed by atoms with Gasteiger partial charge in [0.25, 0.3) is 0 Å². The Morgan fingerprint density at radius 3 is 2.05 bits per heavy atom. The highest BCUT2D eigenvalue weighted by atomic mass is 14.1. The SMILES string of the molecule is C.CC(C)Cc1cc2ccccc2c2ccccc12. The van der Waals surface area contributed by atoms with Gasteiger partial charge in [0, 0.05) is 0 Å². The van der Waals surface area contributed by atoms with Crippen molar-refractivity contribution in [3.8, 4) is 0 Å². The van der Waals surface area contributed by atoms with E-state index in [9.17, 15) is 0 Å². The van der Waals surface area contributed by atoms with Gasteiger partial charge in [-0.3, -0.25) is 0 Å². The fourth-order valence-electron chi connectivity index (χ4n) is 2.74. The molecule has 0 saturated heterocycles. The van der Waals surface area contributed by atoms with Crippen molar-refractivity contribution in [2.75, 3.05) is 0 Å². The van der Waals surface area contributed by atoms with E-state index >= 15 is 0 Å². The fourth-order valence-corrected chi connectivity index (χ4v) is 2.74. The lowest BCUT2D eigenvalue weighted by Crippen LogP contribution is -1.95. The molecule has 0 bridgehead atoms. The van der Waals surface area contributed by atoms with Gasteiger partial charge in [-0.05, 0) is 39.4 Å². The van der Waals surface area contributed by atoms with Crippen molar-refractivity contribution in [1.82, 2.24) is 0 Å². The zero-order chi connectivity index (χ0) is 12.5. The molecule has 19 heavy (non-hydrogen) atoms. The van der Waals surface area contributed by atoms with Crippen LogP contribution in [0.5, 0.6) is 0 Å². The first-order valence-electron chi connectivity index (χ1n) is 6.65. The molecule has 0 spiro atoms. The van der Waals surface area contributed by atoms with E-state index in [-0.39, 0.29) is 7.43 Å². The fraction of sp³-hybridized carbons (Fsp3) is 0.263. The van der Waals surface area contributed by atoms with Crippen LogP contribution in [0.15, 0.2) is 54.6 Å². The second-order valence-corrected chi connectivity index (χ2v) is 5.40. The molecule has 0 fully saturated rings. The Bertz CT molecular complexity index is 693. The van der Waals surface area contributed by atoms with E-state index < -0.39 is 0 Å². The lowest BCUT2D eigenvalue weighted by Gasteiger charge is -2.12. The molecule has 3 rings (SSSR count). The third-order valence-electron chi connectivity index (χ3n) is 3.48. The molecule has 3 aromatic rings. The predicted molar refractivity (Wildman–Crippen MR) is 86.7 cm³/mol. The molecular weight excluding hydrogens is 228 g/mol. The molecule has 0 aromatic heterocycles. The minimum Gasteiger partial charge on any atom is -0.0776 e. The average molecular weight is 250 g/mol. The molecule has 0 saturated carbocycles. The molecule has 98 valence electrons. The van der Waals surface area contributed by atoms with Gasteiger partial charge in [0.1, 0.15) is 0 Å². The van der Waals surface area contributed by atoms with Crippen molar-refractivity contribution in [3.05, 3.63) is 60.2 Å². The van der Waals surface area contributed by atoms with Gasteiger partial charge in [0.05, 0.1) is 0 Å². The van der Waals surface area contributed by atoms with Gasteiger partial charge in [-0.25, -0.2) is 0 Å². The van der Waals surface area contributed by atoms with Gasteiger partial charge in [-0.2, -0.15) is 0 Å². The van der Waals surface area contributed by atoms with Crippen LogP contribution in [0.2, 0.25) is 0 Å². The zero-order valence-corrected chi connectivity index (χ0v) is 11.0. The van der Waals surface area contributed by atoms with Gasteiger partial charge < -0.3 is 0 Å². The van der Waals surface area contributed by atoms with E-state index in [1.54, 1.807) is 0 Å². The first-order valence-corrected chi connectivity index (χ1v) is 6.65. The maximum Gasteiger partial charge on any atom is -0.0103 e. The molecule has 0 nitrogen and oxygen atoms in total. The third kappa shape index (κ3) is 2.49. The Hall–Kier alpha value is -1.82. The summed E-state index contributed by atoms with van der Waals surface area (Å²) in [5, 5.41) is 5.50. The quantitative estimate of drug-likeness (QED) is 0.502. The van der Waals surface area contributed by atoms with E-state index in [1.165, 1.54) is 27.1 Å². The number of fused-ring (bicyclic) bond motifs is 3. The van der Waals surface area contributed by atoms with Crippen LogP contribution in [0, 0.1) is 5.92 Å². The van der Waals surface area contributed by atoms with Crippen LogP contribution in [-0.4, -0.2) is 0 Å². The van der Waals surface area contributed by atoms with E-state index in [2.05, 4.69) is 68.4 Å². The summed E-state index contributed by atoms with van der Waals surface area (Å²) < 4.78 is 0. The molecule has 0 aliphatic heterocycles. The topological polar surface area (TPSA) is 0 Å². The number of benzene rings is 3. The molecule has 0 aliphatic rings.